The van der Waals surface area contributed by atoms with Gasteiger partial charge in [0.05, 0.1) is 0 Å². The van der Waals surface area contributed by atoms with Gasteiger partial charge in [-0.2, -0.15) is 0 Å². The van der Waals surface area contributed by atoms with Crippen molar-refractivity contribution in [3.8, 4) is 0 Å². The molecule has 0 aliphatic rings. The Kier molecular flexibility index (Phi) is 5.59. The average molecular weight is 327 g/mol. The molecule has 0 saturated heterocycles. The van der Waals surface area contributed by atoms with E-state index in [0.717, 1.165) is 21.7 Å². The van der Waals surface area contributed by atoms with E-state index < -0.39 is 0 Å². The quantitative estimate of drug-likeness (QED) is 0.642. The average Bonchev–Trinajstić information content (AvgIpc) is 2.43. The van der Waals surface area contributed by atoms with Crippen molar-refractivity contribution in [3.05, 3.63) is 69.0 Å². The molecule has 0 aliphatic carbocycles. The van der Waals surface area contributed by atoms with Crippen LogP contribution < -0.4 is 11.3 Å². The molecule has 5 heteroatoms. The lowest BCUT2D eigenvalue weighted by molar-refractivity contribution is 0.522. The molecule has 3 N–H and O–H groups in total. The van der Waals surface area contributed by atoms with Gasteiger partial charge in [-0.1, -0.05) is 41.4 Å². The number of halogens is 3. The minimum atomic E-state index is -0.345. The fraction of sp³-hybridized carbons (Fsp3) is 0.250. The van der Waals surface area contributed by atoms with Crippen LogP contribution in [0.5, 0.6) is 0 Å². The van der Waals surface area contributed by atoms with Crippen molar-refractivity contribution in [2.24, 2.45) is 5.84 Å². The highest BCUT2D eigenvalue weighted by atomic mass is 35.5. The van der Waals surface area contributed by atoms with Crippen molar-refractivity contribution in [2.45, 2.75) is 25.8 Å². The molecule has 0 bridgehead atoms. The predicted octanol–water partition coefficient (Wildman–Crippen LogP) is 4.06. The molecule has 0 aliphatic heterocycles. The molecular formula is C16H17Cl2FN2. The van der Waals surface area contributed by atoms with Crippen molar-refractivity contribution < 1.29 is 4.39 Å². The Balaban J connectivity index is 2.13. The molecule has 21 heavy (non-hydrogen) atoms. The molecule has 0 saturated carbocycles. The summed E-state index contributed by atoms with van der Waals surface area (Å²) >= 11 is 12.3. The molecule has 112 valence electrons. The molecule has 0 heterocycles. The van der Waals surface area contributed by atoms with Crippen molar-refractivity contribution in [1.29, 1.82) is 0 Å². The van der Waals surface area contributed by atoms with Gasteiger partial charge < -0.3 is 0 Å². The Morgan fingerprint density at radius 3 is 2.14 bits per heavy atom. The number of rotatable bonds is 5. The lowest BCUT2D eigenvalue weighted by Crippen LogP contribution is -2.38. The van der Waals surface area contributed by atoms with E-state index in [4.69, 9.17) is 29.0 Å². The van der Waals surface area contributed by atoms with Gasteiger partial charge in [0, 0.05) is 16.1 Å². The van der Waals surface area contributed by atoms with E-state index in [1.54, 1.807) is 6.07 Å². The van der Waals surface area contributed by atoms with Crippen LogP contribution in [0.25, 0.3) is 0 Å². The van der Waals surface area contributed by atoms with Crippen LogP contribution in [-0.4, -0.2) is 6.04 Å². The number of hydrazine groups is 1. The van der Waals surface area contributed by atoms with Crippen LogP contribution in [-0.2, 0) is 12.8 Å². The standard InChI is InChI=1S/C16H17Cl2FN2/c1-10-2-3-11(15(17)6-10)7-14(21-20)8-12-4-5-13(19)9-16(12)18/h2-6,9,14,21H,7-8,20H2,1H3. The first-order valence-corrected chi connectivity index (χ1v) is 7.40. The summed E-state index contributed by atoms with van der Waals surface area (Å²) in [6.07, 6.45) is 1.27. The van der Waals surface area contributed by atoms with E-state index in [9.17, 15) is 4.39 Å². The van der Waals surface area contributed by atoms with E-state index >= 15 is 0 Å². The lowest BCUT2D eigenvalue weighted by atomic mass is 9.98. The highest BCUT2D eigenvalue weighted by Gasteiger charge is 2.13. The number of hydrogen-bond donors (Lipinski definition) is 2. The first-order chi connectivity index (χ1) is 9.99. The maximum atomic E-state index is 13.1. The molecule has 2 nitrogen and oxygen atoms in total. The fourth-order valence-corrected chi connectivity index (χ4v) is 2.78. The fourth-order valence-electron chi connectivity index (χ4n) is 2.23. The van der Waals surface area contributed by atoms with Crippen LogP contribution in [0.15, 0.2) is 36.4 Å². The molecule has 0 spiro atoms. The SMILES string of the molecule is Cc1ccc(CC(Cc2ccc(F)cc2Cl)NN)c(Cl)c1. The molecule has 1 atom stereocenters. The van der Waals surface area contributed by atoms with Crippen LogP contribution in [0.4, 0.5) is 4.39 Å². The third-order valence-electron chi connectivity index (χ3n) is 3.39. The van der Waals surface area contributed by atoms with E-state index in [1.165, 1.54) is 12.1 Å². The van der Waals surface area contributed by atoms with E-state index in [1.807, 2.05) is 25.1 Å². The summed E-state index contributed by atoms with van der Waals surface area (Å²) in [6, 6.07) is 10.3. The number of benzene rings is 2. The Bertz CT molecular complexity index is 578. The lowest BCUT2D eigenvalue weighted by Gasteiger charge is -2.18. The topological polar surface area (TPSA) is 38.0 Å². The Hall–Kier alpha value is -1.13. The molecule has 0 fully saturated rings. The molecular weight excluding hydrogens is 310 g/mol. The number of nitrogens with two attached hydrogens (primary N) is 1. The van der Waals surface area contributed by atoms with E-state index in [-0.39, 0.29) is 11.9 Å². The maximum absolute atomic E-state index is 13.1. The minimum absolute atomic E-state index is 0.0341. The Labute approximate surface area is 134 Å². The Morgan fingerprint density at radius 1 is 1.05 bits per heavy atom. The summed E-state index contributed by atoms with van der Waals surface area (Å²) in [5.41, 5.74) is 5.75. The number of hydrogen-bond acceptors (Lipinski definition) is 2. The molecule has 2 aromatic carbocycles. The summed E-state index contributed by atoms with van der Waals surface area (Å²) < 4.78 is 13.1. The van der Waals surface area contributed by atoms with Crippen LogP contribution >= 0.6 is 23.2 Å². The highest BCUT2D eigenvalue weighted by Crippen LogP contribution is 2.22. The second kappa shape index (κ2) is 7.23. The summed E-state index contributed by atoms with van der Waals surface area (Å²) in [6.45, 7) is 1.99. The second-order valence-electron chi connectivity index (χ2n) is 5.10. The summed E-state index contributed by atoms with van der Waals surface area (Å²) in [7, 11) is 0. The summed E-state index contributed by atoms with van der Waals surface area (Å²) in [5.74, 6) is 5.27. The van der Waals surface area contributed by atoms with Crippen molar-refractivity contribution in [2.75, 3.05) is 0 Å². The predicted molar refractivity (Wildman–Crippen MR) is 86.1 cm³/mol. The third kappa shape index (κ3) is 4.42. The van der Waals surface area contributed by atoms with Crippen molar-refractivity contribution in [3.63, 3.8) is 0 Å². The van der Waals surface area contributed by atoms with Crippen LogP contribution in [0.2, 0.25) is 10.0 Å². The van der Waals surface area contributed by atoms with Gasteiger partial charge in [0.2, 0.25) is 0 Å². The minimum Gasteiger partial charge on any atom is -0.271 e. The normalized spacial score (nSPS) is 12.4. The van der Waals surface area contributed by atoms with Gasteiger partial charge in [-0.25, -0.2) is 4.39 Å². The zero-order valence-corrected chi connectivity index (χ0v) is 13.2. The van der Waals surface area contributed by atoms with E-state index in [0.29, 0.717) is 17.9 Å². The van der Waals surface area contributed by atoms with Crippen LogP contribution in [0.1, 0.15) is 16.7 Å². The van der Waals surface area contributed by atoms with Gasteiger partial charge in [-0.15, -0.1) is 0 Å². The molecule has 0 radical (unpaired) electrons. The molecule has 2 aromatic rings. The van der Waals surface area contributed by atoms with Crippen LogP contribution in [0, 0.1) is 12.7 Å². The summed E-state index contributed by atoms with van der Waals surface area (Å²) in [4.78, 5) is 0. The molecule has 2 rings (SSSR count). The van der Waals surface area contributed by atoms with Gasteiger partial charge in [0.25, 0.3) is 0 Å². The van der Waals surface area contributed by atoms with Crippen molar-refractivity contribution >= 4 is 23.2 Å². The van der Waals surface area contributed by atoms with Crippen LogP contribution in [0.3, 0.4) is 0 Å². The smallest absolute Gasteiger partial charge is 0.124 e. The van der Waals surface area contributed by atoms with Gasteiger partial charge in [-0.05, 0) is 54.7 Å². The zero-order chi connectivity index (χ0) is 15.4. The van der Waals surface area contributed by atoms with E-state index in [2.05, 4.69) is 5.43 Å². The molecule has 0 amide bonds. The first kappa shape index (κ1) is 16.2. The number of nitrogens with one attached hydrogen (secondary N) is 1. The second-order valence-corrected chi connectivity index (χ2v) is 5.92. The van der Waals surface area contributed by atoms with Gasteiger partial charge in [-0.3, -0.25) is 11.3 Å². The Morgan fingerprint density at radius 2 is 1.62 bits per heavy atom. The van der Waals surface area contributed by atoms with Gasteiger partial charge in [0.1, 0.15) is 5.82 Å². The maximum Gasteiger partial charge on any atom is 0.124 e. The van der Waals surface area contributed by atoms with Gasteiger partial charge >= 0.3 is 0 Å². The first-order valence-electron chi connectivity index (χ1n) is 6.64. The summed E-state index contributed by atoms with van der Waals surface area (Å²) in [5, 5.41) is 1.13. The number of aryl methyl sites for hydroxylation is 1. The monoisotopic (exact) mass is 326 g/mol. The van der Waals surface area contributed by atoms with Gasteiger partial charge in [0.15, 0.2) is 0 Å². The third-order valence-corrected chi connectivity index (χ3v) is 4.10. The molecule has 1 unspecified atom stereocenters. The largest absolute Gasteiger partial charge is 0.271 e. The zero-order valence-electron chi connectivity index (χ0n) is 11.7. The molecule has 0 aromatic heterocycles. The highest BCUT2D eigenvalue weighted by molar-refractivity contribution is 6.31. The van der Waals surface area contributed by atoms with Crippen molar-refractivity contribution in [1.82, 2.24) is 5.43 Å².